The van der Waals surface area contributed by atoms with Gasteiger partial charge in [0.15, 0.2) is 0 Å². The van der Waals surface area contributed by atoms with E-state index in [4.69, 9.17) is 11.6 Å². The minimum absolute atomic E-state index is 0.473. The fourth-order valence-corrected chi connectivity index (χ4v) is 3.67. The van der Waals surface area contributed by atoms with Gasteiger partial charge in [-0.3, -0.25) is 0 Å². The maximum absolute atomic E-state index is 10.7. The molecule has 3 unspecified atom stereocenters. The summed E-state index contributed by atoms with van der Waals surface area (Å²) in [6.45, 7) is 2.14. The van der Waals surface area contributed by atoms with Crippen LogP contribution in [0.4, 0.5) is 0 Å². The highest BCUT2D eigenvalue weighted by molar-refractivity contribution is 9.10. The van der Waals surface area contributed by atoms with Crippen molar-refractivity contribution in [2.45, 2.75) is 38.7 Å². The van der Waals surface area contributed by atoms with Crippen molar-refractivity contribution in [1.29, 1.82) is 5.26 Å². The van der Waals surface area contributed by atoms with Crippen molar-refractivity contribution in [2.75, 3.05) is 0 Å². The van der Waals surface area contributed by atoms with Gasteiger partial charge in [-0.25, -0.2) is 0 Å². The highest BCUT2D eigenvalue weighted by atomic mass is 79.9. The van der Waals surface area contributed by atoms with Crippen molar-refractivity contribution in [3.05, 3.63) is 33.3 Å². The molecular formula is C15H17BrClNO. The Kier molecular flexibility index (Phi) is 4.55. The van der Waals surface area contributed by atoms with E-state index in [1.54, 1.807) is 12.1 Å². The molecule has 0 spiro atoms. The van der Waals surface area contributed by atoms with E-state index in [0.717, 1.165) is 30.2 Å². The molecule has 3 atom stereocenters. The average molecular weight is 343 g/mol. The first-order valence-corrected chi connectivity index (χ1v) is 7.70. The molecule has 0 amide bonds. The number of halogens is 2. The summed E-state index contributed by atoms with van der Waals surface area (Å²) in [4.78, 5) is 0. The molecule has 1 aliphatic carbocycles. The Morgan fingerprint density at radius 3 is 2.95 bits per heavy atom. The molecule has 19 heavy (non-hydrogen) atoms. The molecule has 1 aromatic rings. The van der Waals surface area contributed by atoms with E-state index in [0.29, 0.717) is 16.5 Å². The highest BCUT2D eigenvalue weighted by Crippen LogP contribution is 2.48. The minimum atomic E-state index is -0.798. The van der Waals surface area contributed by atoms with Crippen LogP contribution in [0, 0.1) is 22.7 Å². The van der Waals surface area contributed by atoms with Gasteiger partial charge in [-0.1, -0.05) is 47.3 Å². The maximum Gasteiger partial charge on any atom is 0.0987 e. The Morgan fingerprint density at radius 1 is 1.58 bits per heavy atom. The smallest absolute Gasteiger partial charge is 0.0987 e. The lowest BCUT2D eigenvalue weighted by atomic mass is 9.66. The van der Waals surface area contributed by atoms with Crippen LogP contribution in [0.2, 0.25) is 5.02 Å². The Morgan fingerprint density at radius 2 is 2.32 bits per heavy atom. The van der Waals surface area contributed by atoms with Crippen LogP contribution in [-0.2, 0) is 0 Å². The predicted molar refractivity (Wildman–Crippen MR) is 79.8 cm³/mol. The lowest BCUT2D eigenvalue weighted by Crippen LogP contribution is -2.33. The third-order valence-electron chi connectivity index (χ3n) is 4.03. The number of aliphatic hydroxyl groups excluding tert-OH is 1. The van der Waals surface area contributed by atoms with Gasteiger partial charge in [-0.15, -0.1) is 0 Å². The summed E-state index contributed by atoms with van der Waals surface area (Å²) >= 11 is 9.44. The van der Waals surface area contributed by atoms with E-state index >= 15 is 0 Å². The standard InChI is InChI=1S/C15H17BrClNO/c1-10-3-2-6-15(8-10,9-18)14(19)12-7-11(17)4-5-13(12)16/h4-5,7,10,14,19H,2-3,6,8H2,1H3. The van der Waals surface area contributed by atoms with Crippen LogP contribution in [0.25, 0.3) is 0 Å². The SMILES string of the molecule is CC1CCCC(C#N)(C(O)c2cc(Cl)ccc2Br)C1. The van der Waals surface area contributed by atoms with Crippen LogP contribution < -0.4 is 0 Å². The molecule has 2 rings (SSSR count). The monoisotopic (exact) mass is 341 g/mol. The number of aliphatic hydroxyl groups is 1. The first-order chi connectivity index (χ1) is 8.98. The lowest BCUT2D eigenvalue weighted by Gasteiger charge is -2.38. The van der Waals surface area contributed by atoms with Gasteiger partial charge >= 0.3 is 0 Å². The Hall–Kier alpha value is -0.560. The first kappa shape index (κ1) is 14.8. The molecule has 102 valence electrons. The maximum atomic E-state index is 10.7. The summed E-state index contributed by atoms with van der Waals surface area (Å²) in [5.41, 5.74) is 0.0216. The third kappa shape index (κ3) is 2.97. The largest absolute Gasteiger partial charge is 0.387 e. The first-order valence-electron chi connectivity index (χ1n) is 6.53. The minimum Gasteiger partial charge on any atom is -0.387 e. The molecule has 1 aliphatic rings. The molecule has 0 heterocycles. The number of rotatable bonds is 2. The third-order valence-corrected chi connectivity index (χ3v) is 4.99. The molecule has 0 aliphatic heterocycles. The fraction of sp³-hybridized carbons (Fsp3) is 0.533. The van der Waals surface area contributed by atoms with Gasteiger partial charge in [0.25, 0.3) is 0 Å². The summed E-state index contributed by atoms with van der Waals surface area (Å²) < 4.78 is 0.803. The quantitative estimate of drug-likeness (QED) is 0.834. The van der Waals surface area contributed by atoms with E-state index in [9.17, 15) is 10.4 Å². The predicted octanol–water partition coefficient (Wildman–Crippen LogP) is 4.86. The lowest BCUT2D eigenvalue weighted by molar-refractivity contribution is 0.0214. The number of benzene rings is 1. The second-order valence-electron chi connectivity index (χ2n) is 5.54. The van der Waals surface area contributed by atoms with Crippen LogP contribution in [0.1, 0.15) is 44.3 Å². The van der Waals surface area contributed by atoms with Crippen LogP contribution >= 0.6 is 27.5 Å². The number of nitriles is 1. The van der Waals surface area contributed by atoms with Gasteiger partial charge in [0.2, 0.25) is 0 Å². The Balaban J connectivity index is 2.38. The molecule has 1 aromatic carbocycles. The van der Waals surface area contributed by atoms with E-state index < -0.39 is 11.5 Å². The van der Waals surface area contributed by atoms with E-state index in [1.165, 1.54) is 0 Å². The molecule has 4 heteroatoms. The van der Waals surface area contributed by atoms with Crippen molar-refractivity contribution in [3.63, 3.8) is 0 Å². The topological polar surface area (TPSA) is 44.0 Å². The van der Waals surface area contributed by atoms with E-state index in [1.807, 2.05) is 6.07 Å². The van der Waals surface area contributed by atoms with Crippen molar-refractivity contribution in [1.82, 2.24) is 0 Å². The molecule has 0 aromatic heterocycles. The van der Waals surface area contributed by atoms with Crippen molar-refractivity contribution in [2.24, 2.45) is 11.3 Å². The van der Waals surface area contributed by atoms with Gasteiger partial charge in [-0.2, -0.15) is 5.26 Å². The molecule has 1 saturated carbocycles. The summed E-state index contributed by atoms with van der Waals surface area (Å²) in [6, 6.07) is 7.71. The average Bonchev–Trinajstić information content (AvgIpc) is 2.40. The number of hydrogen-bond donors (Lipinski definition) is 1. The molecule has 1 fully saturated rings. The summed E-state index contributed by atoms with van der Waals surface area (Å²) in [7, 11) is 0. The summed E-state index contributed by atoms with van der Waals surface area (Å²) in [6.07, 6.45) is 2.81. The molecule has 2 nitrogen and oxygen atoms in total. The number of nitrogens with zero attached hydrogens (tertiary/aromatic N) is 1. The van der Waals surface area contributed by atoms with Gasteiger partial charge in [0.05, 0.1) is 17.6 Å². The van der Waals surface area contributed by atoms with Crippen LogP contribution in [0.15, 0.2) is 22.7 Å². The van der Waals surface area contributed by atoms with Crippen LogP contribution in [0.5, 0.6) is 0 Å². The number of hydrogen-bond acceptors (Lipinski definition) is 2. The summed E-state index contributed by atoms with van der Waals surface area (Å²) in [5, 5.41) is 20.9. The van der Waals surface area contributed by atoms with Gasteiger partial charge in [0, 0.05) is 9.50 Å². The van der Waals surface area contributed by atoms with Crippen LogP contribution in [0.3, 0.4) is 0 Å². The molecule has 0 saturated heterocycles. The molecule has 0 bridgehead atoms. The zero-order valence-electron chi connectivity index (χ0n) is 10.9. The fourth-order valence-electron chi connectivity index (χ4n) is 3.02. The zero-order chi connectivity index (χ0) is 14.0. The van der Waals surface area contributed by atoms with E-state index in [2.05, 4.69) is 28.9 Å². The highest BCUT2D eigenvalue weighted by Gasteiger charge is 2.43. The molecule has 1 N–H and O–H groups in total. The van der Waals surface area contributed by atoms with E-state index in [-0.39, 0.29) is 0 Å². The second kappa shape index (κ2) is 5.83. The van der Waals surface area contributed by atoms with Crippen molar-refractivity contribution < 1.29 is 5.11 Å². The zero-order valence-corrected chi connectivity index (χ0v) is 13.2. The molecule has 0 radical (unpaired) electrons. The second-order valence-corrected chi connectivity index (χ2v) is 6.83. The Bertz CT molecular complexity index is 513. The molecular weight excluding hydrogens is 326 g/mol. The van der Waals surface area contributed by atoms with Crippen molar-refractivity contribution >= 4 is 27.5 Å². The van der Waals surface area contributed by atoms with Gasteiger partial charge in [-0.05, 0) is 42.5 Å². The Labute approximate surface area is 127 Å². The van der Waals surface area contributed by atoms with Gasteiger partial charge in [0.1, 0.15) is 0 Å². The van der Waals surface area contributed by atoms with Crippen molar-refractivity contribution in [3.8, 4) is 6.07 Å². The summed E-state index contributed by atoms with van der Waals surface area (Å²) in [5.74, 6) is 0.473. The van der Waals surface area contributed by atoms with Gasteiger partial charge < -0.3 is 5.11 Å². The normalized spacial score (nSPS) is 28.7. The van der Waals surface area contributed by atoms with Crippen LogP contribution in [-0.4, -0.2) is 5.11 Å².